The Balaban J connectivity index is 2.92. The first-order valence-corrected chi connectivity index (χ1v) is 5.21. The summed E-state index contributed by atoms with van der Waals surface area (Å²) in [5, 5.41) is 9.15. The van der Waals surface area contributed by atoms with E-state index in [9.17, 15) is 4.79 Å². The highest BCUT2D eigenvalue weighted by molar-refractivity contribution is 9.10. The molecule has 0 aromatic carbocycles. The zero-order valence-electron chi connectivity index (χ0n) is 8.30. The van der Waals surface area contributed by atoms with Crippen LogP contribution in [-0.4, -0.2) is 11.1 Å². The van der Waals surface area contributed by atoms with Gasteiger partial charge >= 0.3 is 5.97 Å². The van der Waals surface area contributed by atoms with Crippen LogP contribution in [0.5, 0.6) is 0 Å². The Morgan fingerprint density at radius 2 is 2.00 bits per heavy atom. The molecule has 0 saturated heterocycles. The normalized spacial score (nSPS) is 10.9. The molecule has 0 aromatic rings. The predicted octanol–water partition coefficient (Wildman–Crippen LogP) is 3.46. The van der Waals surface area contributed by atoms with E-state index in [1.54, 1.807) is 6.26 Å². The number of hydrogen-bond acceptors (Lipinski definition) is 2. The summed E-state index contributed by atoms with van der Waals surface area (Å²) in [4.78, 5) is 11.1. The van der Waals surface area contributed by atoms with Crippen LogP contribution < -0.4 is 0 Å². The monoisotopic (exact) mass is 268 g/mol. The molecule has 0 fully saturated rings. The van der Waals surface area contributed by atoms with Crippen LogP contribution in [0.15, 0.2) is 21.4 Å². The van der Waals surface area contributed by atoms with Gasteiger partial charge in [0.1, 0.15) is 6.26 Å². The second-order valence-electron chi connectivity index (χ2n) is 3.44. The van der Waals surface area contributed by atoms with Crippen LogP contribution in [0.3, 0.4) is 0 Å². The average Bonchev–Trinajstić information content (AvgIpc) is 2.43. The molecule has 2 rings (SSSR count). The van der Waals surface area contributed by atoms with Crippen molar-refractivity contribution in [1.82, 2.24) is 0 Å². The van der Waals surface area contributed by atoms with E-state index in [-0.39, 0.29) is 0 Å². The molecule has 0 radical (unpaired) electrons. The Morgan fingerprint density at radius 3 is 2.60 bits per heavy atom. The van der Waals surface area contributed by atoms with Crippen molar-refractivity contribution in [2.45, 2.75) is 13.8 Å². The Morgan fingerprint density at radius 1 is 1.33 bits per heavy atom. The fourth-order valence-corrected chi connectivity index (χ4v) is 2.30. The van der Waals surface area contributed by atoms with Crippen molar-refractivity contribution < 1.29 is 14.3 Å². The SMILES string of the molecule is Cc1c2cocc(Br)c-2c(C(=O)O)c1C. The third-order valence-corrected chi connectivity index (χ3v) is 3.25. The van der Waals surface area contributed by atoms with Crippen molar-refractivity contribution in [3.05, 3.63) is 33.7 Å². The quantitative estimate of drug-likeness (QED) is 0.862. The zero-order valence-corrected chi connectivity index (χ0v) is 9.88. The van der Waals surface area contributed by atoms with Crippen LogP contribution in [0.1, 0.15) is 21.5 Å². The number of carboxylic acid groups (broad SMARTS) is 1. The highest BCUT2D eigenvalue weighted by atomic mass is 79.9. The molecule has 4 heteroatoms. The van der Waals surface area contributed by atoms with Crippen molar-refractivity contribution in [1.29, 1.82) is 0 Å². The maximum atomic E-state index is 11.1. The van der Waals surface area contributed by atoms with Gasteiger partial charge < -0.3 is 9.52 Å². The summed E-state index contributed by atoms with van der Waals surface area (Å²) in [6.45, 7) is 3.71. The second kappa shape index (κ2) is 3.38. The van der Waals surface area contributed by atoms with Crippen LogP contribution in [0, 0.1) is 13.8 Å². The smallest absolute Gasteiger partial charge is 0.336 e. The van der Waals surface area contributed by atoms with Gasteiger partial charge in [-0.05, 0) is 40.9 Å². The topological polar surface area (TPSA) is 50.4 Å². The van der Waals surface area contributed by atoms with Crippen LogP contribution in [0.25, 0.3) is 11.1 Å². The molecule has 1 aliphatic heterocycles. The Kier molecular flexibility index (Phi) is 2.31. The molecule has 0 amide bonds. The van der Waals surface area contributed by atoms with Crippen LogP contribution >= 0.6 is 15.9 Å². The van der Waals surface area contributed by atoms with E-state index in [2.05, 4.69) is 15.9 Å². The summed E-state index contributed by atoms with van der Waals surface area (Å²) in [6.07, 6.45) is 3.07. The third-order valence-electron chi connectivity index (χ3n) is 2.67. The molecule has 3 nitrogen and oxygen atoms in total. The van der Waals surface area contributed by atoms with Gasteiger partial charge in [-0.15, -0.1) is 0 Å². The number of carbonyl (C=O) groups is 1. The van der Waals surface area contributed by atoms with E-state index in [0.29, 0.717) is 15.6 Å². The minimum absolute atomic E-state index is 0.352. The second-order valence-corrected chi connectivity index (χ2v) is 4.29. The number of carboxylic acids is 1. The number of rotatable bonds is 1. The highest BCUT2D eigenvalue weighted by Gasteiger charge is 2.25. The van der Waals surface area contributed by atoms with Gasteiger partial charge in [0, 0.05) is 11.1 Å². The van der Waals surface area contributed by atoms with E-state index in [4.69, 9.17) is 9.52 Å². The number of halogens is 1. The molecule has 2 aliphatic rings. The lowest BCUT2D eigenvalue weighted by Gasteiger charge is -2.03. The molecule has 0 spiro atoms. The van der Waals surface area contributed by atoms with Gasteiger partial charge in [0.2, 0.25) is 0 Å². The Bertz CT molecular complexity index is 513. The van der Waals surface area contributed by atoms with E-state index < -0.39 is 5.97 Å². The van der Waals surface area contributed by atoms with Gasteiger partial charge in [0.15, 0.2) is 0 Å². The van der Waals surface area contributed by atoms with Crippen LogP contribution in [0.2, 0.25) is 0 Å². The van der Waals surface area contributed by atoms with Crippen molar-refractivity contribution in [2.75, 3.05) is 0 Å². The maximum Gasteiger partial charge on any atom is 0.336 e. The summed E-state index contributed by atoms with van der Waals surface area (Å²) >= 11 is 3.31. The predicted molar refractivity (Wildman–Crippen MR) is 59.5 cm³/mol. The molecular weight excluding hydrogens is 260 g/mol. The molecule has 0 atom stereocenters. The van der Waals surface area contributed by atoms with Gasteiger partial charge in [-0.25, -0.2) is 4.79 Å². The lowest BCUT2D eigenvalue weighted by molar-refractivity contribution is 0.0697. The van der Waals surface area contributed by atoms with Crippen LogP contribution in [0.4, 0.5) is 0 Å². The average molecular weight is 269 g/mol. The first-order valence-electron chi connectivity index (χ1n) is 4.42. The molecule has 0 aromatic heterocycles. The van der Waals surface area contributed by atoms with Gasteiger partial charge in [-0.2, -0.15) is 0 Å². The van der Waals surface area contributed by atoms with E-state index >= 15 is 0 Å². The minimum atomic E-state index is -0.905. The fourth-order valence-electron chi connectivity index (χ4n) is 1.78. The molecule has 78 valence electrons. The van der Waals surface area contributed by atoms with Crippen molar-refractivity contribution >= 4 is 21.9 Å². The standard InChI is InChI=1S/C11H9BrO3/c1-5-6(2)9(11(13)14)10-7(5)3-15-4-8(10)12/h3-4H,1-2H3,(H,13,14). The fraction of sp³-hybridized carbons (Fsp3) is 0.182. The molecule has 1 N–H and O–H groups in total. The van der Waals surface area contributed by atoms with Gasteiger partial charge in [-0.1, -0.05) is 0 Å². The van der Waals surface area contributed by atoms with Crippen molar-refractivity contribution in [2.24, 2.45) is 0 Å². The molecule has 0 unspecified atom stereocenters. The highest BCUT2D eigenvalue weighted by Crippen LogP contribution is 2.40. The number of fused-ring (bicyclic) bond motifs is 1. The summed E-state index contributed by atoms with van der Waals surface area (Å²) < 4.78 is 5.78. The molecule has 15 heavy (non-hydrogen) atoms. The Labute approximate surface area is 95.2 Å². The third kappa shape index (κ3) is 1.36. The molecule has 0 saturated carbocycles. The first-order chi connectivity index (χ1) is 7.04. The summed E-state index contributed by atoms with van der Waals surface area (Å²) in [5.74, 6) is -0.905. The van der Waals surface area contributed by atoms with E-state index in [0.717, 1.165) is 16.7 Å². The summed E-state index contributed by atoms with van der Waals surface area (Å²) in [6, 6.07) is 0. The molecular formula is C11H9BrO3. The number of aromatic carboxylic acids is 1. The van der Waals surface area contributed by atoms with Gasteiger partial charge in [0.05, 0.1) is 16.3 Å². The summed E-state index contributed by atoms with van der Waals surface area (Å²) in [7, 11) is 0. The molecule has 1 heterocycles. The van der Waals surface area contributed by atoms with Crippen molar-refractivity contribution in [3.8, 4) is 11.1 Å². The summed E-state index contributed by atoms with van der Waals surface area (Å²) in [5.41, 5.74) is 3.65. The minimum Gasteiger partial charge on any atom is -0.478 e. The Hall–Kier alpha value is -1.29. The number of hydrogen-bond donors (Lipinski definition) is 1. The maximum absolute atomic E-state index is 11.1. The lowest BCUT2D eigenvalue weighted by atomic mass is 10.1. The van der Waals surface area contributed by atoms with E-state index in [1.807, 2.05) is 13.8 Å². The van der Waals surface area contributed by atoms with E-state index in [1.165, 1.54) is 6.26 Å². The molecule has 0 bridgehead atoms. The largest absolute Gasteiger partial charge is 0.478 e. The molecule has 1 aliphatic carbocycles. The van der Waals surface area contributed by atoms with Gasteiger partial charge in [0.25, 0.3) is 0 Å². The van der Waals surface area contributed by atoms with Gasteiger partial charge in [-0.3, -0.25) is 0 Å². The van der Waals surface area contributed by atoms with Crippen molar-refractivity contribution in [3.63, 3.8) is 0 Å². The lowest BCUT2D eigenvalue weighted by Crippen LogP contribution is -1.98. The zero-order chi connectivity index (χ0) is 11.2. The first kappa shape index (κ1) is 10.2. The van der Waals surface area contributed by atoms with Crippen LogP contribution in [-0.2, 0) is 0 Å².